The Bertz CT molecular complexity index is 870. The largest absolute Gasteiger partial charge is 0.378 e. The minimum absolute atomic E-state index is 0.311. The fourth-order valence-corrected chi connectivity index (χ4v) is 2.87. The third-order valence-electron chi connectivity index (χ3n) is 4.13. The van der Waals surface area contributed by atoms with E-state index in [2.05, 4.69) is 15.5 Å². The van der Waals surface area contributed by atoms with E-state index in [9.17, 15) is 9.59 Å². The molecule has 1 aliphatic heterocycles. The maximum atomic E-state index is 12.3. The van der Waals surface area contributed by atoms with Crippen molar-refractivity contribution in [1.82, 2.24) is 0 Å². The van der Waals surface area contributed by atoms with Crippen LogP contribution >= 0.6 is 0 Å². The summed E-state index contributed by atoms with van der Waals surface area (Å²) in [4.78, 5) is 26.6. The highest BCUT2D eigenvalue weighted by Crippen LogP contribution is 2.26. The molecule has 0 bridgehead atoms. The van der Waals surface area contributed by atoms with Crippen molar-refractivity contribution in [3.05, 3.63) is 54.1 Å². The van der Waals surface area contributed by atoms with Crippen LogP contribution in [0.2, 0.25) is 0 Å². The molecule has 2 amide bonds. The number of hydrogen-bond donors (Lipinski definition) is 2. The highest BCUT2D eigenvalue weighted by Gasteiger charge is 2.17. The molecule has 1 saturated heterocycles. The zero-order valence-corrected chi connectivity index (χ0v) is 14.8. The predicted octanol–water partition coefficient (Wildman–Crippen LogP) is 2.36. The molecule has 0 aromatic heterocycles. The molecule has 0 atom stereocenters. The van der Waals surface area contributed by atoms with Crippen molar-refractivity contribution < 1.29 is 14.3 Å². The maximum Gasteiger partial charge on any atom is 0.233 e. The van der Waals surface area contributed by atoms with E-state index in [0.29, 0.717) is 30.2 Å². The van der Waals surface area contributed by atoms with Gasteiger partial charge in [0.1, 0.15) is 6.42 Å². The van der Waals surface area contributed by atoms with Crippen molar-refractivity contribution in [2.45, 2.75) is 6.42 Å². The third-order valence-corrected chi connectivity index (χ3v) is 4.13. The number of nitrogens with zero attached hydrogens (tertiary/aromatic N) is 2. The molecule has 0 unspecified atom stereocenters. The average Bonchev–Trinajstić information content (AvgIpc) is 2.69. The van der Waals surface area contributed by atoms with Crippen LogP contribution in [0, 0.1) is 11.3 Å². The van der Waals surface area contributed by atoms with E-state index >= 15 is 0 Å². The molecule has 2 aromatic carbocycles. The first-order chi connectivity index (χ1) is 13.2. The number of ether oxygens (including phenoxy) is 1. The molecule has 2 N–H and O–H groups in total. The fourth-order valence-electron chi connectivity index (χ4n) is 2.87. The van der Waals surface area contributed by atoms with Gasteiger partial charge in [0.25, 0.3) is 0 Å². The second-order valence-corrected chi connectivity index (χ2v) is 6.08. The molecule has 7 nitrogen and oxygen atoms in total. The lowest BCUT2D eigenvalue weighted by molar-refractivity contribution is -0.123. The summed E-state index contributed by atoms with van der Waals surface area (Å²) in [6, 6.07) is 16.1. The van der Waals surface area contributed by atoms with Crippen molar-refractivity contribution in [3.8, 4) is 6.07 Å². The first-order valence-corrected chi connectivity index (χ1v) is 8.67. The number of nitriles is 1. The minimum atomic E-state index is -0.438. The maximum absolute atomic E-state index is 12.3. The van der Waals surface area contributed by atoms with Gasteiger partial charge in [0.05, 0.1) is 36.2 Å². The van der Waals surface area contributed by atoms with Crippen molar-refractivity contribution in [3.63, 3.8) is 0 Å². The van der Waals surface area contributed by atoms with Gasteiger partial charge in [-0.25, -0.2) is 0 Å². The lowest BCUT2D eigenvalue weighted by atomic mass is 10.2. The second kappa shape index (κ2) is 8.83. The third kappa shape index (κ3) is 5.06. The molecule has 2 aromatic rings. The second-order valence-electron chi connectivity index (χ2n) is 6.08. The monoisotopic (exact) mass is 364 g/mol. The quantitative estimate of drug-likeness (QED) is 0.794. The van der Waals surface area contributed by atoms with Gasteiger partial charge in [-0.2, -0.15) is 5.26 Å². The summed E-state index contributed by atoms with van der Waals surface area (Å²) in [5.41, 5.74) is 2.51. The van der Waals surface area contributed by atoms with Gasteiger partial charge in [0.15, 0.2) is 0 Å². The van der Waals surface area contributed by atoms with E-state index in [1.807, 2.05) is 30.3 Å². The van der Waals surface area contributed by atoms with Gasteiger partial charge in [0.2, 0.25) is 11.8 Å². The Labute approximate surface area is 157 Å². The molecule has 27 heavy (non-hydrogen) atoms. The number of para-hydroxylation sites is 2. The van der Waals surface area contributed by atoms with Gasteiger partial charge >= 0.3 is 0 Å². The van der Waals surface area contributed by atoms with Crippen LogP contribution in [0.4, 0.5) is 17.1 Å². The summed E-state index contributed by atoms with van der Waals surface area (Å²) in [6.07, 6.45) is -0.311. The van der Waals surface area contributed by atoms with Gasteiger partial charge in [0, 0.05) is 18.8 Å². The first kappa shape index (κ1) is 18.4. The standard InChI is InChI=1S/C20H20N4O3/c21-14-15-4-3-5-16(12-15)22-19(25)13-20(26)23-17-6-1-2-7-18(17)24-8-10-27-11-9-24/h1-7,12H,8-11,13H2,(H,22,25)(H,23,26). The number of carbonyl (C=O) groups excluding carboxylic acids is 2. The zero-order chi connectivity index (χ0) is 19.1. The van der Waals surface area contributed by atoms with E-state index in [0.717, 1.165) is 18.8 Å². The Balaban J connectivity index is 1.60. The van der Waals surface area contributed by atoms with Crippen LogP contribution < -0.4 is 15.5 Å². The normalized spacial score (nSPS) is 13.5. The van der Waals surface area contributed by atoms with E-state index in [4.69, 9.17) is 10.00 Å². The van der Waals surface area contributed by atoms with E-state index < -0.39 is 11.8 Å². The smallest absolute Gasteiger partial charge is 0.233 e. The van der Waals surface area contributed by atoms with Crippen LogP contribution in [0.1, 0.15) is 12.0 Å². The lowest BCUT2D eigenvalue weighted by Gasteiger charge is -2.30. The number of nitrogens with one attached hydrogen (secondary N) is 2. The Hall–Kier alpha value is -3.37. The molecule has 0 spiro atoms. The molecular formula is C20H20N4O3. The van der Waals surface area contributed by atoms with Gasteiger partial charge in [-0.15, -0.1) is 0 Å². The van der Waals surface area contributed by atoms with Crippen molar-refractivity contribution in [2.75, 3.05) is 41.8 Å². The highest BCUT2D eigenvalue weighted by molar-refractivity contribution is 6.09. The van der Waals surface area contributed by atoms with Gasteiger partial charge < -0.3 is 20.3 Å². The van der Waals surface area contributed by atoms with Crippen LogP contribution in [0.25, 0.3) is 0 Å². The summed E-state index contributed by atoms with van der Waals surface area (Å²) in [5.74, 6) is -0.837. The summed E-state index contributed by atoms with van der Waals surface area (Å²) >= 11 is 0. The van der Waals surface area contributed by atoms with Crippen LogP contribution in [0.5, 0.6) is 0 Å². The van der Waals surface area contributed by atoms with Gasteiger partial charge in [-0.3, -0.25) is 9.59 Å². The van der Waals surface area contributed by atoms with Crippen LogP contribution in [-0.4, -0.2) is 38.1 Å². The van der Waals surface area contributed by atoms with Crippen LogP contribution in [0.15, 0.2) is 48.5 Å². The molecule has 1 fully saturated rings. The molecule has 3 rings (SSSR count). The van der Waals surface area contributed by atoms with Crippen LogP contribution in [0.3, 0.4) is 0 Å². The number of rotatable bonds is 5. The fraction of sp³-hybridized carbons (Fsp3) is 0.250. The highest BCUT2D eigenvalue weighted by atomic mass is 16.5. The Morgan fingerprint density at radius 1 is 1.04 bits per heavy atom. The topological polar surface area (TPSA) is 94.5 Å². The Morgan fingerprint density at radius 3 is 2.56 bits per heavy atom. The first-order valence-electron chi connectivity index (χ1n) is 8.67. The number of anilines is 3. The number of carbonyl (C=O) groups is 2. The molecular weight excluding hydrogens is 344 g/mol. The molecule has 1 aliphatic rings. The molecule has 0 aliphatic carbocycles. The number of benzene rings is 2. The van der Waals surface area contributed by atoms with Crippen molar-refractivity contribution in [1.29, 1.82) is 5.26 Å². The summed E-state index contributed by atoms with van der Waals surface area (Å²) in [6.45, 7) is 2.80. The number of amides is 2. The summed E-state index contributed by atoms with van der Waals surface area (Å²) < 4.78 is 5.37. The zero-order valence-electron chi connectivity index (χ0n) is 14.8. The average molecular weight is 364 g/mol. The lowest BCUT2D eigenvalue weighted by Crippen LogP contribution is -2.36. The molecule has 0 radical (unpaired) electrons. The summed E-state index contributed by atoms with van der Waals surface area (Å²) in [7, 11) is 0. The molecule has 7 heteroatoms. The number of morpholine rings is 1. The SMILES string of the molecule is N#Cc1cccc(NC(=O)CC(=O)Nc2ccccc2N2CCOCC2)c1. The van der Waals surface area contributed by atoms with E-state index in [-0.39, 0.29) is 6.42 Å². The van der Waals surface area contributed by atoms with Crippen LogP contribution in [-0.2, 0) is 14.3 Å². The molecule has 138 valence electrons. The van der Waals surface area contributed by atoms with Gasteiger partial charge in [-0.05, 0) is 30.3 Å². The number of hydrogen-bond acceptors (Lipinski definition) is 5. The van der Waals surface area contributed by atoms with Gasteiger partial charge in [-0.1, -0.05) is 18.2 Å². The van der Waals surface area contributed by atoms with Crippen molar-refractivity contribution in [2.24, 2.45) is 0 Å². The summed E-state index contributed by atoms with van der Waals surface area (Å²) in [5, 5.41) is 14.3. The van der Waals surface area contributed by atoms with E-state index in [1.54, 1.807) is 24.3 Å². The van der Waals surface area contributed by atoms with Crippen molar-refractivity contribution >= 4 is 28.9 Å². The molecule has 0 saturated carbocycles. The Morgan fingerprint density at radius 2 is 1.78 bits per heavy atom. The predicted molar refractivity (Wildman–Crippen MR) is 103 cm³/mol. The van der Waals surface area contributed by atoms with E-state index in [1.165, 1.54) is 0 Å². The molecule has 1 heterocycles. The minimum Gasteiger partial charge on any atom is -0.378 e. The Kier molecular flexibility index (Phi) is 6.02.